The molecule has 0 aliphatic rings. The minimum absolute atomic E-state index is 0.280. The molecule has 0 rings (SSSR count). The lowest BCUT2D eigenvalue weighted by Gasteiger charge is -2.30. The van der Waals surface area contributed by atoms with Gasteiger partial charge in [0.15, 0.2) is 6.29 Å². The number of hydrogen-bond acceptors (Lipinski definition) is 5. The van der Waals surface area contributed by atoms with E-state index >= 15 is 0 Å². The van der Waals surface area contributed by atoms with Gasteiger partial charge in [0.1, 0.15) is 0 Å². The number of carbonyl (C=O) groups excluding carboxylic acids is 1. The van der Waals surface area contributed by atoms with E-state index in [0.29, 0.717) is 6.29 Å². The molecular formula is C12H24O5. The average molecular weight is 248 g/mol. The summed E-state index contributed by atoms with van der Waals surface area (Å²) in [5.41, 5.74) is -1.07. The van der Waals surface area contributed by atoms with Crippen LogP contribution in [0, 0.1) is 0 Å². The lowest BCUT2D eigenvalue weighted by atomic mass is 10.2. The molecule has 17 heavy (non-hydrogen) atoms. The van der Waals surface area contributed by atoms with Crippen molar-refractivity contribution in [2.24, 2.45) is 0 Å². The zero-order valence-electron chi connectivity index (χ0n) is 11.8. The zero-order valence-corrected chi connectivity index (χ0v) is 11.8. The summed E-state index contributed by atoms with van der Waals surface area (Å²) >= 11 is 0. The van der Waals surface area contributed by atoms with Crippen molar-refractivity contribution in [1.82, 2.24) is 0 Å². The molecule has 0 amide bonds. The monoisotopic (exact) mass is 248 g/mol. The maximum absolute atomic E-state index is 11.1. The van der Waals surface area contributed by atoms with Crippen LogP contribution in [0.2, 0.25) is 0 Å². The van der Waals surface area contributed by atoms with Gasteiger partial charge in [0, 0.05) is 6.42 Å². The Kier molecular flexibility index (Phi) is 5.74. The number of aldehydes is 1. The minimum Gasteiger partial charge on any atom is -0.297 e. The van der Waals surface area contributed by atoms with E-state index in [1.807, 2.05) is 41.5 Å². The average Bonchev–Trinajstić information content (AvgIpc) is 2.16. The molecule has 0 N–H and O–H groups in total. The fourth-order valence-corrected chi connectivity index (χ4v) is 0.645. The molecule has 0 heterocycles. The third-order valence-corrected chi connectivity index (χ3v) is 1.54. The van der Waals surface area contributed by atoms with Gasteiger partial charge in [-0.05, 0) is 41.5 Å². The van der Waals surface area contributed by atoms with E-state index < -0.39 is 17.0 Å². The third kappa shape index (κ3) is 7.44. The molecule has 0 aromatic carbocycles. The van der Waals surface area contributed by atoms with E-state index in [9.17, 15) is 4.79 Å². The molecule has 0 aliphatic heterocycles. The van der Waals surface area contributed by atoms with Crippen LogP contribution in [0.3, 0.4) is 0 Å². The van der Waals surface area contributed by atoms with Gasteiger partial charge in [0.25, 0.3) is 5.79 Å². The molecule has 0 spiro atoms. The number of carbonyl (C=O) groups is 1. The van der Waals surface area contributed by atoms with Crippen LogP contribution in [0.15, 0.2) is 0 Å². The highest BCUT2D eigenvalue weighted by Crippen LogP contribution is 2.22. The standard InChI is InChI=1S/C12H24O5/c1-8-12(9-13,16-14-10(2,3)4)17-15-11(5,6)7/h9H,8H2,1-7H3. The van der Waals surface area contributed by atoms with Crippen LogP contribution in [0.4, 0.5) is 0 Å². The normalized spacial score (nSPS) is 13.8. The summed E-state index contributed by atoms with van der Waals surface area (Å²) in [4.78, 5) is 31.4. The molecule has 0 aromatic rings. The first-order valence-electron chi connectivity index (χ1n) is 5.73. The summed E-state index contributed by atoms with van der Waals surface area (Å²) in [5, 5.41) is 0. The predicted octanol–water partition coefficient (Wildman–Crippen LogP) is 2.79. The fraction of sp³-hybridized carbons (Fsp3) is 0.917. The van der Waals surface area contributed by atoms with Gasteiger partial charge in [-0.2, -0.15) is 9.78 Å². The highest BCUT2D eigenvalue weighted by molar-refractivity contribution is 5.59. The first-order chi connectivity index (χ1) is 7.54. The van der Waals surface area contributed by atoms with Gasteiger partial charge in [-0.3, -0.25) is 4.79 Å². The van der Waals surface area contributed by atoms with Crippen LogP contribution in [0.1, 0.15) is 54.9 Å². The van der Waals surface area contributed by atoms with E-state index in [-0.39, 0.29) is 6.42 Å². The Hall–Kier alpha value is -0.490. The van der Waals surface area contributed by atoms with Crippen LogP contribution >= 0.6 is 0 Å². The van der Waals surface area contributed by atoms with Gasteiger partial charge in [0.2, 0.25) is 0 Å². The van der Waals surface area contributed by atoms with E-state index in [1.54, 1.807) is 6.92 Å². The van der Waals surface area contributed by atoms with Crippen molar-refractivity contribution in [2.75, 3.05) is 0 Å². The molecule has 0 saturated carbocycles. The Morgan fingerprint density at radius 1 is 0.824 bits per heavy atom. The summed E-state index contributed by atoms with van der Waals surface area (Å²) in [6, 6.07) is 0. The van der Waals surface area contributed by atoms with Crippen LogP contribution in [0.25, 0.3) is 0 Å². The molecule has 0 aliphatic carbocycles. The van der Waals surface area contributed by atoms with Crippen molar-refractivity contribution in [3.05, 3.63) is 0 Å². The van der Waals surface area contributed by atoms with Crippen LogP contribution in [-0.4, -0.2) is 23.3 Å². The molecule has 0 radical (unpaired) electrons. The van der Waals surface area contributed by atoms with Crippen molar-refractivity contribution >= 4 is 6.29 Å². The Morgan fingerprint density at radius 3 is 1.35 bits per heavy atom. The van der Waals surface area contributed by atoms with Crippen molar-refractivity contribution in [3.8, 4) is 0 Å². The largest absolute Gasteiger partial charge is 0.297 e. The molecule has 0 unspecified atom stereocenters. The first-order valence-corrected chi connectivity index (χ1v) is 5.73. The zero-order chi connectivity index (χ0) is 13.7. The van der Waals surface area contributed by atoms with Crippen molar-refractivity contribution in [1.29, 1.82) is 0 Å². The third-order valence-electron chi connectivity index (χ3n) is 1.54. The van der Waals surface area contributed by atoms with Gasteiger partial charge < -0.3 is 0 Å². The highest BCUT2D eigenvalue weighted by atomic mass is 17.3. The van der Waals surface area contributed by atoms with Gasteiger partial charge in [-0.25, -0.2) is 9.78 Å². The highest BCUT2D eigenvalue weighted by Gasteiger charge is 2.36. The Morgan fingerprint density at radius 2 is 1.18 bits per heavy atom. The van der Waals surface area contributed by atoms with E-state index in [4.69, 9.17) is 19.6 Å². The molecule has 5 nitrogen and oxygen atoms in total. The van der Waals surface area contributed by atoms with Gasteiger partial charge in [-0.15, -0.1) is 0 Å². The molecule has 0 atom stereocenters. The lowest BCUT2D eigenvalue weighted by molar-refractivity contribution is -0.522. The second kappa shape index (κ2) is 5.91. The minimum atomic E-state index is -1.53. The predicted molar refractivity (Wildman–Crippen MR) is 62.9 cm³/mol. The van der Waals surface area contributed by atoms with Gasteiger partial charge in [-0.1, -0.05) is 6.92 Å². The summed E-state index contributed by atoms with van der Waals surface area (Å²) in [6.45, 7) is 12.6. The van der Waals surface area contributed by atoms with E-state index in [1.165, 1.54) is 0 Å². The Balaban J connectivity index is 4.51. The Labute approximate surface area is 103 Å². The van der Waals surface area contributed by atoms with Crippen LogP contribution < -0.4 is 0 Å². The van der Waals surface area contributed by atoms with Crippen LogP contribution in [-0.2, 0) is 24.3 Å². The number of hydrogen-bond donors (Lipinski definition) is 0. The van der Waals surface area contributed by atoms with Crippen LogP contribution in [0.5, 0.6) is 0 Å². The topological polar surface area (TPSA) is 54.0 Å². The number of rotatable bonds is 6. The second-order valence-electron chi connectivity index (χ2n) is 5.84. The lowest BCUT2D eigenvalue weighted by Crippen LogP contribution is -2.42. The Bertz CT molecular complexity index is 218. The first kappa shape index (κ1) is 16.5. The quantitative estimate of drug-likeness (QED) is 0.313. The summed E-state index contributed by atoms with van der Waals surface area (Å²) in [6.07, 6.45) is 0.813. The van der Waals surface area contributed by atoms with E-state index in [0.717, 1.165) is 0 Å². The molecule has 102 valence electrons. The maximum atomic E-state index is 11.1. The second-order valence-corrected chi connectivity index (χ2v) is 5.84. The van der Waals surface area contributed by atoms with Gasteiger partial charge in [0.05, 0.1) is 11.2 Å². The van der Waals surface area contributed by atoms with Crippen molar-refractivity contribution in [3.63, 3.8) is 0 Å². The smallest absolute Gasteiger partial charge is 0.287 e. The molecule has 0 saturated heterocycles. The fourth-order valence-electron chi connectivity index (χ4n) is 0.645. The molecule has 5 heteroatoms. The van der Waals surface area contributed by atoms with E-state index in [2.05, 4.69) is 0 Å². The molecular weight excluding hydrogens is 224 g/mol. The molecule has 0 fully saturated rings. The van der Waals surface area contributed by atoms with Gasteiger partial charge >= 0.3 is 0 Å². The summed E-state index contributed by atoms with van der Waals surface area (Å²) < 4.78 is 0. The SMILES string of the molecule is CCC(C=O)(OOC(C)(C)C)OOC(C)(C)C. The molecule has 0 aromatic heterocycles. The van der Waals surface area contributed by atoms with Crippen molar-refractivity contribution in [2.45, 2.75) is 71.9 Å². The maximum Gasteiger partial charge on any atom is 0.287 e. The summed E-state index contributed by atoms with van der Waals surface area (Å²) in [7, 11) is 0. The summed E-state index contributed by atoms with van der Waals surface area (Å²) in [5.74, 6) is -1.53. The molecule has 0 bridgehead atoms. The van der Waals surface area contributed by atoms with Crippen molar-refractivity contribution < 1.29 is 24.3 Å².